The van der Waals surface area contributed by atoms with E-state index in [1.54, 1.807) is 11.8 Å². The molecule has 1 aliphatic rings. The van der Waals surface area contributed by atoms with Crippen molar-refractivity contribution in [2.45, 2.75) is 25.3 Å². The molecule has 5 nitrogen and oxygen atoms in total. The van der Waals surface area contributed by atoms with Crippen LogP contribution in [0.25, 0.3) is 11.4 Å². The van der Waals surface area contributed by atoms with Crippen LogP contribution in [0.5, 0.6) is 0 Å². The molecule has 0 saturated heterocycles. The zero-order chi connectivity index (χ0) is 15.6. The monoisotopic (exact) mass is 323 g/mol. The molecule has 0 atom stereocenters. The molecule has 0 amide bonds. The van der Waals surface area contributed by atoms with Crippen LogP contribution < -0.4 is 0 Å². The van der Waals surface area contributed by atoms with E-state index in [4.69, 9.17) is 0 Å². The molecule has 1 aromatic carbocycles. The van der Waals surface area contributed by atoms with Gasteiger partial charge in [-0.25, -0.2) is 0 Å². The largest absolute Gasteiger partial charge is 0.288 e. The molecule has 23 heavy (non-hydrogen) atoms. The Labute approximate surface area is 139 Å². The average Bonchev–Trinajstić information content (AvgIpc) is 3.00. The predicted molar refractivity (Wildman–Crippen MR) is 90.7 cm³/mol. The molecule has 116 valence electrons. The highest BCUT2D eigenvalue weighted by molar-refractivity contribution is 7.99. The van der Waals surface area contributed by atoms with E-state index in [-0.39, 0.29) is 0 Å². The van der Waals surface area contributed by atoms with Gasteiger partial charge in [0.1, 0.15) is 0 Å². The number of aromatic nitrogens is 4. The molecule has 1 aliphatic heterocycles. The van der Waals surface area contributed by atoms with Crippen LogP contribution in [-0.4, -0.2) is 30.5 Å². The Morgan fingerprint density at radius 2 is 1.83 bits per heavy atom. The van der Waals surface area contributed by atoms with Gasteiger partial charge in [0, 0.05) is 24.5 Å². The van der Waals surface area contributed by atoms with Crippen molar-refractivity contribution in [2.24, 2.45) is 0 Å². The molecule has 0 aliphatic carbocycles. The molecule has 0 radical (unpaired) electrons. The van der Waals surface area contributed by atoms with Gasteiger partial charge in [0.2, 0.25) is 0 Å². The van der Waals surface area contributed by atoms with Crippen LogP contribution in [0.1, 0.15) is 11.1 Å². The molecule has 2 aromatic heterocycles. The molecular weight excluding hydrogens is 306 g/mol. The summed E-state index contributed by atoms with van der Waals surface area (Å²) in [5, 5.41) is 9.72. The van der Waals surface area contributed by atoms with Crippen molar-refractivity contribution < 1.29 is 0 Å². The topological polar surface area (TPSA) is 46.8 Å². The smallest absolute Gasteiger partial charge is 0.193 e. The van der Waals surface area contributed by atoms with Crippen LogP contribution in [-0.2, 0) is 13.2 Å². The van der Waals surface area contributed by atoms with Gasteiger partial charge in [-0.1, -0.05) is 41.6 Å². The zero-order valence-electron chi connectivity index (χ0n) is 12.9. The number of nitrogens with zero attached hydrogens (tertiary/aromatic N) is 5. The zero-order valence-corrected chi connectivity index (χ0v) is 13.7. The van der Waals surface area contributed by atoms with Crippen LogP contribution in [0.15, 0.2) is 53.9 Å². The Balaban J connectivity index is 1.59. The summed E-state index contributed by atoms with van der Waals surface area (Å²) in [6, 6.07) is 12.6. The lowest BCUT2D eigenvalue weighted by Gasteiger charge is -2.27. The minimum atomic E-state index is 0.806. The quantitative estimate of drug-likeness (QED) is 0.741. The number of thioether (sulfide) groups is 1. The fraction of sp³-hybridized carbons (Fsp3) is 0.235. The number of pyridine rings is 1. The SMILES string of the molecule is Cc1ccc(-c2nnc3n2CN(Cc2ccncc2)CS3)cc1. The number of hydrogen-bond acceptors (Lipinski definition) is 5. The number of rotatable bonds is 3. The second-order valence-electron chi connectivity index (χ2n) is 5.70. The van der Waals surface area contributed by atoms with Gasteiger partial charge in [-0.15, -0.1) is 10.2 Å². The van der Waals surface area contributed by atoms with Crippen molar-refractivity contribution in [2.75, 3.05) is 5.88 Å². The van der Waals surface area contributed by atoms with Crippen LogP contribution in [0, 0.1) is 6.92 Å². The molecule has 6 heteroatoms. The Bertz CT molecular complexity index is 798. The van der Waals surface area contributed by atoms with Crippen LogP contribution in [0.3, 0.4) is 0 Å². The van der Waals surface area contributed by atoms with E-state index in [0.29, 0.717) is 0 Å². The molecule has 3 aromatic rings. The summed E-state index contributed by atoms with van der Waals surface area (Å²) in [7, 11) is 0. The van der Waals surface area contributed by atoms with Gasteiger partial charge >= 0.3 is 0 Å². The standard InChI is InChI=1S/C17H17N5S/c1-13-2-4-15(5-3-13)16-19-20-17-22(16)11-21(12-23-17)10-14-6-8-18-9-7-14/h2-9H,10-12H2,1H3. The van der Waals surface area contributed by atoms with Gasteiger partial charge in [-0.2, -0.15) is 0 Å². The Morgan fingerprint density at radius 1 is 1.04 bits per heavy atom. The summed E-state index contributed by atoms with van der Waals surface area (Å²) in [6.45, 7) is 3.80. The number of aryl methyl sites for hydroxylation is 1. The summed E-state index contributed by atoms with van der Waals surface area (Å²) < 4.78 is 2.19. The summed E-state index contributed by atoms with van der Waals surface area (Å²) >= 11 is 1.73. The van der Waals surface area contributed by atoms with Gasteiger partial charge in [-0.05, 0) is 24.6 Å². The minimum Gasteiger partial charge on any atom is -0.288 e. The fourth-order valence-corrected chi connectivity index (χ4v) is 3.54. The Hall–Kier alpha value is -2.18. The first-order chi connectivity index (χ1) is 11.3. The van der Waals surface area contributed by atoms with E-state index < -0.39 is 0 Å². The second kappa shape index (κ2) is 6.14. The lowest BCUT2D eigenvalue weighted by Crippen LogP contribution is -2.30. The third-order valence-corrected chi connectivity index (χ3v) is 4.95. The molecule has 4 rings (SSSR count). The first-order valence-electron chi connectivity index (χ1n) is 7.54. The van der Waals surface area contributed by atoms with E-state index in [2.05, 4.69) is 68.0 Å². The molecule has 0 spiro atoms. The summed E-state index contributed by atoms with van der Waals surface area (Å²) in [5.41, 5.74) is 3.63. The van der Waals surface area contributed by atoms with E-state index in [1.807, 2.05) is 12.4 Å². The van der Waals surface area contributed by atoms with Crippen molar-refractivity contribution in [3.05, 3.63) is 59.9 Å². The van der Waals surface area contributed by atoms with Crippen LogP contribution in [0.4, 0.5) is 0 Å². The maximum absolute atomic E-state index is 4.39. The van der Waals surface area contributed by atoms with Gasteiger partial charge in [0.15, 0.2) is 11.0 Å². The third kappa shape index (κ3) is 3.00. The number of hydrogen-bond donors (Lipinski definition) is 0. The van der Waals surface area contributed by atoms with Crippen LogP contribution in [0.2, 0.25) is 0 Å². The highest BCUT2D eigenvalue weighted by atomic mass is 32.2. The lowest BCUT2D eigenvalue weighted by atomic mass is 10.1. The second-order valence-corrected chi connectivity index (χ2v) is 6.61. The minimum absolute atomic E-state index is 0.806. The number of fused-ring (bicyclic) bond motifs is 1. The van der Waals surface area contributed by atoms with Crippen molar-refractivity contribution in [1.82, 2.24) is 24.6 Å². The molecule has 0 bridgehead atoms. The van der Waals surface area contributed by atoms with Gasteiger partial charge in [0.05, 0.1) is 12.5 Å². The molecule has 0 fully saturated rings. The van der Waals surface area contributed by atoms with Crippen molar-refractivity contribution in [3.63, 3.8) is 0 Å². The van der Waals surface area contributed by atoms with Crippen molar-refractivity contribution in [3.8, 4) is 11.4 Å². The van der Waals surface area contributed by atoms with E-state index in [9.17, 15) is 0 Å². The van der Waals surface area contributed by atoms with E-state index >= 15 is 0 Å². The van der Waals surface area contributed by atoms with Gasteiger partial charge < -0.3 is 0 Å². The summed E-state index contributed by atoms with van der Waals surface area (Å²) in [4.78, 5) is 6.46. The summed E-state index contributed by atoms with van der Waals surface area (Å²) in [6.07, 6.45) is 3.68. The fourth-order valence-electron chi connectivity index (χ4n) is 2.67. The third-order valence-electron chi connectivity index (χ3n) is 3.90. The van der Waals surface area contributed by atoms with E-state index in [0.717, 1.165) is 35.6 Å². The lowest BCUT2D eigenvalue weighted by molar-refractivity contribution is 0.231. The summed E-state index contributed by atoms with van der Waals surface area (Å²) in [5.74, 6) is 1.86. The maximum Gasteiger partial charge on any atom is 0.193 e. The first-order valence-corrected chi connectivity index (χ1v) is 8.52. The molecule has 3 heterocycles. The molecule has 0 unspecified atom stereocenters. The van der Waals surface area contributed by atoms with E-state index in [1.165, 1.54) is 11.1 Å². The van der Waals surface area contributed by atoms with Gasteiger partial charge in [0.25, 0.3) is 0 Å². The van der Waals surface area contributed by atoms with Gasteiger partial charge in [-0.3, -0.25) is 14.5 Å². The Kier molecular flexibility index (Phi) is 3.85. The normalized spacial score (nSPS) is 14.7. The maximum atomic E-state index is 4.39. The average molecular weight is 323 g/mol. The first kappa shape index (κ1) is 14.4. The predicted octanol–water partition coefficient (Wildman–Crippen LogP) is 3.17. The molecule has 0 N–H and O–H groups in total. The highest BCUT2D eigenvalue weighted by Crippen LogP contribution is 2.29. The van der Waals surface area contributed by atoms with Crippen molar-refractivity contribution >= 4 is 11.8 Å². The number of benzene rings is 1. The molecule has 0 saturated carbocycles. The molecular formula is C17H17N5S. The highest BCUT2D eigenvalue weighted by Gasteiger charge is 2.22. The Morgan fingerprint density at radius 3 is 2.61 bits per heavy atom. The van der Waals surface area contributed by atoms with Crippen LogP contribution >= 0.6 is 11.8 Å². The van der Waals surface area contributed by atoms with Crippen molar-refractivity contribution in [1.29, 1.82) is 0 Å².